The predicted octanol–water partition coefficient (Wildman–Crippen LogP) is 3.80. The van der Waals surface area contributed by atoms with Crippen molar-refractivity contribution in [3.05, 3.63) is 64.6 Å². The van der Waals surface area contributed by atoms with Gasteiger partial charge in [0, 0.05) is 31.0 Å². The van der Waals surface area contributed by atoms with Gasteiger partial charge in [0.2, 0.25) is 5.88 Å². The van der Waals surface area contributed by atoms with Crippen LogP contribution in [0.3, 0.4) is 0 Å². The van der Waals surface area contributed by atoms with E-state index in [2.05, 4.69) is 30.6 Å². The molecule has 0 bridgehead atoms. The Labute approximate surface area is 204 Å². The van der Waals surface area contributed by atoms with Crippen molar-refractivity contribution < 1.29 is 13.7 Å². The summed E-state index contributed by atoms with van der Waals surface area (Å²) in [5, 5.41) is 7.41. The van der Waals surface area contributed by atoms with E-state index in [4.69, 9.17) is 4.74 Å². The quantitative estimate of drug-likeness (QED) is 0.563. The monoisotopic (exact) mass is 492 g/mol. The first-order valence-corrected chi connectivity index (χ1v) is 13.7. The molecule has 2 aromatic heterocycles. The molecular formula is C25H28N6O3S. The highest BCUT2D eigenvalue weighted by molar-refractivity contribution is 7.92. The minimum atomic E-state index is -3.38. The predicted molar refractivity (Wildman–Crippen MR) is 132 cm³/mol. The van der Waals surface area contributed by atoms with Gasteiger partial charge in [0.25, 0.3) is 0 Å². The second kappa shape index (κ2) is 8.99. The van der Waals surface area contributed by atoms with Gasteiger partial charge in [-0.2, -0.15) is 5.10 Å². The molecule has 0 saturated heterocycles. The Balaban J connectivity index is 1.34. The van der Waals surface area contributed by atoms with Gasteiger partial charge in [-0.15, -0.1) is 0 Å². The van der Waals surface area contributed by atoms with Crippen molar-refractivity contribution >= 4 is 21.6 Å². The summed E-state index contributed by atoms with van der Waals surface area (Å²) in [5.74, 6) is 0.404. The molecule has 6 rings (SSSR count). The highest BCUT2D eigenvalue weighted by atomic mass is 32.2. The summed E-state index contributed by atoms with van der Waals surface area (Å²) < 4.78 is 29.0. The molecule has 35 heavy (non-hydrogen) atoms. The lowest BCUT2D eigenvalue weighted by Gasteiger charge is -2.19. The summed E-state index contributed by atoms with van der Waals surface area (Å²) in [6.07, 6.45) is 11.8. The first kappa shape index (κ1) is 22.1. The highest BCUT2D eigenvalue weighted by Crippen LogP contribution is 2.38. The van der Waals surface area contributed by atoms with E-state index < -0.39 is 15.9 Å². The topological polar surface area (TPSA) is 111 Å². The van der Waals surface area contributed by atoms with Crippen molar-refractivity contribution in [2.24, 2.45) is 4.36 Å². The largest absolute Gasteiger partial charge is 0.477 e. The minimum Gasteiger partial charge on any atom is -0.477 e. The van der Waals surface area contributed by atoms with E-state index in [1.54, 1.807) is 17.1 Å². The molecule has 0 spiro atoms. The third-order valence-electron chi connectivity index (χ3n) is 6.93. The lowest BCUT2D eigenvalue weighted by atomic mass is 9.99. The van der Waals surface area contributed by atoms with Crippen LogP contribution in [0.1, 0.15) is 47.1 Å². The molecule has 0 fully saturated rings. The molecule has 10 heteroatoms. The van der Waals surface area contributed by atoms with Gasteiger partial charge in [0.05, 0.1) is 19.3 Å². The average Bonchev–Trinajstić information content (AvgIpc) is 3.62. The van der Waals surface area contributed by atoms with E-state index in [1.165, 1.54) is 28.5 Å². The van der Waals surface area contributed by atoms with E-state index in [-0.39, 0.29) is 6.54 Å². The molecule has 1 atom stereocenters. The number of carbonyl (C=O) groups is 1. The van der Waals surface area contributed by atoms with Gasteiger partial charge >= 0.3 is 6.03 Å². The number of amides is 2. The molecule has 2 N–H and O–H groups in total. The SMILES string of the molecule is O=C(Nc1c2c(cc3c1CCC3)CCC2)NS(=O)(=NCc1ccncc1)c1cnn2c1OCCC2. The Morgan fingerprint density at radius 3 is 2.57 bits per heavy atom. The fourth-order valence-electron chi connectivity index (χ4n) is 5.28. The maximum absolute atomic E-state index is 14.3. The number of hydrogen-bond donors (Lipinski definition) is 2. The van der Waals surface area contributed by atoms with Crippen molar-refractivity contribution in [2.45, 2.75) is 62.9 Å². The van der Waals surface area contributed by atoms with Crippen LogP contribution in [0.2, 0.25) is 0 Å². The van der Waals surface area contributed by atoms with Crippen LogP contribution in [-0.2, 0) is 48.7 Å². The Kier molecular flexibility index (Phi) is 5.68. The van der Waals surface area contributed by atoms with Gasteiger partial charge in [-0.25, -0.2) is 22.8 Å². The molecule has 0 radical (unpaired) electrons. The molecule has 0 saturated carbocycles. The molecule has 3 heterocycles. The summed E-state index contributed by atoms with van der Waals surface area (Å²) >= 11 is 0. The summed E-state index contributed by atoms with van der Waals surface area (Å²) in [6.45, 7) is 1.33. The number of aryl methyl sites for hydroxylation is 3. The number of hydrogen-bond acceptors (Lipinski definition) is 6. The minimum absolute atomic E-state index is 0.155. The highest BCUT2D eigenvalue weighted by Gasteiger charge is 2.29. The van der Waals surface area contributed by atoms with Crippen molar-refractivity contribution in [1.29, 1.82) is 0 Å². The summed E-state index contributed by atoms with van der Waals surface area (Å²) in [7, 11) is -3.38. The first-order valence-electron chi connectivity index (χ1n) is 12.2. The van der Waals surface area contributed by atoms with Gasteiger partial charge in [0.15, 0.2) is 9.92 Å². The zero-order valence-electron chi connectivity index (χ0n) is 19.5. The molecule has 9 nitrogen and oxygen atoms in total. The molecule has 3 aliphatic rings. The number of ether oxygens (including phenoxy) is 1. The van der Waals surface area contributed by atoms with Crippen LogP contribution in [0.25, 0.3) is 0 Å². The molecular weight excluding hydrogens is 464 g/mol. The second-order valence-corrected chi connectivity index (χ2v) is 11.2. The zero-order valence-corrected chi connectivity index (χ0v) is 20.3. The van der Waals surface area contributed by atoms with Gasteiger partial charge in [-0.05, 0) is 78.5 Å². The molecule has 3 aromatic rings. The van der Waals surface area contributed by atoms with Crippen LogP contribution in [0.15, 0.2) is 46.0 Å². The van der Waals surface area contributed by atoms with E-state index in [0.29, 0.717) is 23.9 Å². The van der Waals surface area contributed by atoms with Crippen LogP contribution in [0.5, 0.6) is 5.88 Å². The van der Waals surface area contributed by atoms with E-state index in [9.17, 15) is 9.00 Å². The number of aromatic nitrogens is 3. The van der Waals surface area contributed by atoms with Gasteiger partial charge in [-0.1, -0.05) is 6.07 Å². The van der Waals surface area contributed by atoms with Crippen molar-refractivity contribution in [3.63, 3.8) is 0 Å². The Morgan fingerprint density at radius 1 is 1.09 bits per heavy atom. The van der Waals surface area contributed by atoms with E-state index in [1.807, 2.05) is 12.1 Å². The second-order valence-electron chi connectivity index (χ2n) is 9.20. The number of carbonyl (C=O) groups excluding carboxylic acids is 1. The maximum atomic E-state index is 14.3. The zero-order chi connectivity index (χ0) is 23.8. The molecule has 1 aromatic carbocycles. The van der Waals surface area contributed by atoms with Crippen molar-refractivity contribution in [3.8, 4) is 5.88 Å². The van der Waals surface area contributed by atoms with E-state index in [0.717, 1.165) is 56.2 Å². The molecule has 1 unspecified atom stereocenters. The summed E-state index contributed by atoms with van der Waals surface area (Å²) in [4.78, 5) is 17.7. The van der Waals surface area contributed by atoms with Crippen LogP contribution >= 0.6 is 0 Å². The third kappa shape index (κ3) is 4.16. The number of urea groups is 1. The molecule has 1 aliphatic heterocycles. The van der Waals surface area contributed by atoms with Gasteiger partial charge in [0.1, 0.15) is 4.90 Å². The van der Waals surface area contributed by atoms with Crippen molar-refractivity contribution in [1.82, 2.24) is 19.5 Å². The van der Waals surface area contributed by atoms with E-state index >= 15 is 0 Å². The standard InChI is InChI=1S/C25H28N6O3S/c32-25(29-23-20-6-1-4-18(20)14-19-5-2-7-21(19)23)30-35(33,28-15-17-8-10-26-11-9-17)22-16-27-31-12-3-13-34-24(22)31/h8-11,14,16H,1-7,12-13,15H2,(H2,28,29,30,32,33). The molecule has 182 valence electrons. The molecule has 2 aliphatic carbocycles. The Hall–Kier alpha value is -3.40. The van der Waals surface area contributed by atoms with Gasteiger partial charge in [-0.3, -0.25) is 4.98 Å². The fourth-order valence-corrected chi connectivity index (χ4v) is 6.81. The number of pyridine rings is 1. The number of anilines is 1. The Morgan fingerprint density at radius 2 is 1.83 bits per heavy atom. The normalized spacial score (nSPS) is 17.5. The average molecular weight is 493 g/mol. The van der Waals surface area contributed by atoms with Gasteiger partial charge < -0.3 is 10.1 Å². The van der Waals surface area contributed by atoms with Crippen LogP contribution in [-0.4, -0.2) is 31.6 Å². The maximum Gasteiger partial charge on any atom is 0.331 e. The van der Waals surface area contributed by atoms with Crippen LogP contribution < -0.4 is 14.8 Å². The number of benzene rings is 1. The lowest BCUT2D eigenvalue weighted by molar-refractivity contribution is 0.224. The first-order chi connectivity index (χ1) is 17.1. The summed E-state index contributed by atoms with van der Waals surface area (Å²) in [6, 6.07) is 5.41. The molecule has 2 amide bonds. The number of nitrogens with one attached hydrogen (secondary N) is 2. The van der Waals surface area contributed by atoms with Crippen LogP contribution in [0.4, 0.5) is 10.5 Å². The number of nitrogens with zero attached hydrogens (tertiary/aromatic N) is 4. The fraction of sp³-hybridized carbons (Fsp3) is 0.400. The van der Waals surface area contributed by atoms with Crippen LogP contribution in [0, 0.1) is 0 Å². The smallest absolute Gasteiger partial charge is 0.331 e. The number of fused-ring (bicyclic) bond motifs is 3. The third-order valence-corrected chi connectivity index (χ3v) is 8.76. The Bertz CT molecular complexity index is 1380. The number of rotatable bonds is 5. The summed E-state index contributed by atoms with van der Waals surface area (Å²) in [5.41, 5.74) is 6.82. The lowest BCUT2D eigenvalue weighted by Crippen LogP contribution is -2.35. The van der Waals surface area contributed by atoms with Crippen molar-refractivity contribution in [2.75, 3.05) is 11.9 Å².